The van der Waals surface area contributed by atoms with Gasteiger partial charge in [0.1, 0.15) is 11.2 Å². The standard InChI is InChI=1S/C17H21FN4O3.ClH/c1-17(2,3)22-9-11(16(24)25)13(23)10-8-12(18)15(20-14(10)22)21-6-4-19-5-7-21;/h8-9,19H,4-7H2,1-3H3,(H,24,25);1H. The summed E-state index contributed by atoms with van der Waals surface area (Å²) in [5.74, 6) is -1.76. The fraction of sp³-hybridized carbons (Fsp3) is 0.471. The van der Waals surface area contributed by atoms with Crippen LogP contribution < -0.4 is 15.6 Å². The van der Waals surface area contributed by atoms with E-state index in [-0.39, 0.29) is 29.3 Å². The van der Waals surface area contributed by atoms with E-state index in [0.29, 0.717) is 13.1 Å². The van der Waals surface area contributed by atoms with E-state index in [0.717, 1.165) is 19.2 Å². The molecule has 0 saturated carbocycles. The zero-order valence-electron chi connectivity index (χ0n) is 14.9. The summed E-state index contributed by atoms with van der Waals surface area (Å²) >= 11 is 0. The molecule has 1 aliphatic heterocycles. The number of piperazine rings is 1. The minimum absolute atomic E-state index is 0. The van der Waals surface area contributed by atoms with Crippen LogP contribution in [-0.2, 0) is 5.54 Å². The summed E-state index contributed by atoms with van der Waals surface area (Å²) in [6.07, 6.45) is 1.29. The number of halogens is 2. The van der Waals surface area contributed by atoms with Gasteiger partial charge in [0.15, 0.2) is 11.6 Å². The number of pyridine rings is 2. The van der Waals surface area contributed by atoms with Gasteiger partial charge in [0, 0.05) is 37.9 Å². The van der Waals surface area contributed by atoms with Crippen molar-refractivity contribution in [1.82, 2.24) is 14.9 Å². The summed E-state index contributed by atoms with van der Waals surface area (Å²) in [5, 5.41) is 12.5. The molecule has 3 heterocycles. The minimum atomic E-state index is -1.34. The number of anilines is 1. The molecule has 26 heavy (non-hydrogen) atoms. The Morgan fingerprint density at radius 2 is 1.92 bits per heavy atom. The van der Waals surface area contributed by atoms with E-state index < -0.39 is 28.3 Å². The SMILES string of the molecule is CC(C)(C)n1cc(C(=O)O)c(=O)c2cc(F)c(N3CCNCC3)nc21.Cl. The topological polar surface area (TPSA) is 87.5 Å². The molecule has 0 amide bonds. The monoisotopic (exact) mass is 384 g/mol. The first kappa shape index (κ1) is 20.1. The summed E-state index contributed by atoms with van der Waals surface area (Å²) in [7, 11) is 0. The maximum absolute atomic E-state index is 14.6. The molecule has 1 saturated heterocycles. The van der Waals surface area contributed by atoms with Crippen LogP contribution in [0.15, 0.2) is 17.1 Å². The maximum atomic E-state index is 14.6. The number of nitrogens with one attached hydrogen (secondary N) is 1. The third-order valence-electron chi connectivity index (χ3n) is 4.28. The summed E-state index contributed by atoms with van der Waals surface area (Å²) in [6, 6.07) is 1.11. The Morgan fingerprint density at radius 3 is 2.46 bits per heavy atom. The van der Waals surface area contributed by atoms with E-state index in [1.165, 1.54) is 6.20 Å². The number of aromatic carboxylic acids is 1. The number of aromatic nitrogens is 2. The zero-order chi connectivity index (χ0) is 18.4. The van der Waals surface area contributed by atoms with Crippen LogP contribution in [0, 0.1) is 5.82 Å². The predicted octanol–water partition coefficient (Wildman–Crippen LogP) is 1.82. The zero-order valence-corrected chi connectivity index (χ0v) is 15.7. The van der Waals surface area contributed by atoms with E-state index in [4.69, 9.17) is 0 Å². The summed E-state index contributed by atoms with van der Waals surface area (Å²) in [4.78, 5) is 30.1. The minimum Gasteiger partial charge on any atom is -0.477 e. The van der Waals surface area contributed by atoms with Crippen molar-refractivity contribution in [2.75, 3.05) is 31.1 Å². The van der Waals surface area contributed by atoms with E-state index in [1.54, 1.807) is 4.57 Å². The number of carboxylic acid groups (broad SMARTS) is 1. The molecule has 2 aromatic heterocycles. The fourth-order valence-electron chi connectivity index (χ4n) is 2.98. The first-order chi connectivity index (χ1) is 11.7. The quantitative estimate of drug-likeness (QED) is 0.821. The van der Waals surface area contributed by atoms with E-state index in [9.17, 15) is 19.1 Å². The summed E-state index contributed by atoms with van der Waals surface area (Å²) in [5.41, 5.74) is -1.35. The lowest BCUT2D eigenvalue weighted by Crippen LogP contribution is -2.44. The Balaban J connectivity index is 0.00000243. The van der Waals surface area contributed by atoms with Crippen LogP contribution in [0.2, 0.25) is 0 Å². The molecule has 1 fully saturated rings. The number of rotatable bonds is 2. The second-order valence-electron chi connectivity index (χ2n) is 7.12. The van der Waals surface area contributed by atoms with Gasteiger partial charge in [-0.15, -0.1) is 12.4 Å². The Kier molecular flexibility index (Phi) is 5.58. The average Bonchev–Trinajstić information content (AvgIpc) is 2.54. The lowest BCUT2D eigenvalue weighted by Gasteiger charge is -2.30. The van der Waals surface area contributed by atoms with Gasteiger partial charge in [-0.3, -0.25) is 4.79 Å². The van der Waals surface area contributed by atoms with Crippen molar-refractivity contribution < 1.29 is 14.3 Å². The van der Waals surface area contributed by atoms with Crippen molar-refractivity contribution in [3.05, 3.63) is 33.9 Å². The third-order valence-corrected chi connectivity index (χ3v) is 4.28. The molecular weight excluding hydrogens is 363 g/mol. The second kappa shape index (κ2) is 7.20. The van der Waals surface area contributed by atoms with Crippen LogP contribution in [0.25, 0.3) is 11.0 Å². The third kappa shape index (κ3) is 3.52. The van der Waals surface area contributed by atoms with Crippen LogP contribution in [0.3, 0.4) is 0 Å². The fourth-order valence-corrected chi connectivity index (χ4v) is 2.98. The van der Waals surface area contributed by atoms with Crippen LogP contribution in [-0.4, -0.2) is 46.8 Å². The molecule has 7 nitrogen and oxygen atoms in total. The van der Waals surface area contributed by atoms with Crippen LogP contribution in [0.5, 0.6) is 0 Å². The molecule has 2 aromatic rings. The molecule has 0 spiro atoms. The van der Waals surface area contributed by atoms with Gasteiger partial charge in [0.2, 0.25) is 5.43 Å². The lowest BCUT2D eigenvalue weighted by atomic mass is 10.1. The molecule has 0 unspecified atom stereocenters. The van der Waals surface area contributed by atoms with Crippen LogP contribution >= 0.6 is 12.4 Å². The van der Waals surface area contributed by atoms with Gasteiger partial charge in [-0.25, -0.2) is 14.2 Å². The van der Waals surface area contributed by atoms with Gasteiger partial charge in [0.05, 0.1) is 5.39 Å². The van der Waals surface area contributed by atoms with Crippen molar-refractivity contribution in [1.29, 1.82) is 0 Å². The second-order valence-corrected chi connectivity index (χ2v) is 7.12. The molecule has 9 heteroatoms. The summed E-state index contributed by atoms with van der Waals surface area (Å²) < 4.78 is 16.2. The molecule has 1 aliphatic rings. The Labute approximate surface area is 156 Å². The van der Waals surface area contributed by atoms with Gasteiger partial charge in [-0.2, -0.15) is 0 Å². The van der Waals surface area contributed by atoms with E-state index in [2.05, 4.69) is 10.3 Å². The molecule has 2 N–H and O–H groups in total. The molecule has 0 bridgehead atoms. The largest absolute Gasteiger partial charge is 0.477 e. The normalized spacial score (nSPS) is 15.0. The average molecular weight is 385 g/mol. The number of fused-ring (bicyclic) bond motifs is 1. The van der Waals surface area contributed by atoms with Crippen molar-refractivity contribution in [2.45, 2.75) is 26.3 Å². The number of nitrogens with zero attached hydrogens (tertiary/aromatic N) is 3. The smallest absolute Gasteiger partial charge is 0.341 e. The number of carbonyl (C=O) groups is 1. The van der Waals surface area contributed by atoms with Crippen LogP contribution in [0.1, 0.15) is 31.1 Å². The highest BCUT2D eigenvalue weighted by atomic mass is 35.5. The maximum Gasteiger partial charge on any atom is 0.341 e. The van der Waals surface area contributed by atoms with Crippen molar-refractivity contribution in [2.24, 2.45) is 0 Å². The number of carboxylic acids is 1. The first-order valence-corrected chi connectivity index (χ1v) is 8.15. The van der Waals surface area contributed by atoms with E-state index in [1.807, 2.05) is 25.7 Å². The highest BCUT2D eigenvalue weighted by Crippen LogP contribution is 2.25. The van der Waals surface area contributed by atoms with Gasteiger partial charge in [0.25, 0.3) is 0 Å². The Morgan fingerprint density at radius 1 is 1.31 bits per heavy atom. The Bertz CT molecular complexity index is 901. The molecule has 0 radical (unpaired) electrons. The predicted molar refractivity (Wildman–Crippen MR) is 100 cm³/mol. The van der Waals surface area contributed by atoms with Crippen LogP contribution in [0.4, 0.5) is 10.2 Å². The molecule has 3 rings (SSSR count). The molecular formula is C17H22ClFN4O3. The van der Waals surface area contributed by atoms with Crippen molar-refractivity contribution in [3.8, 4) is 0 Å². The summed E-state index contributed by atoms with van der Waals surface area (Å²) in [6.45, 7) is 8.30. The van der Waals surface area contributed by atoms with Gasteiger partial charge in [-0.1, -0.05) is 0 Å². The highest BCUT2D eigenvalue weighted by molar-refractivity contribution is 5.92. The first-order valence-electron chi connectivity index (χ1n) is 8.15. The van der Waals surface area contributed by atoms with Gasteiger partial charge >= 0.3 is 5.97 Å². The number of hydrogen-bond donors (Lipinski definition) is 2. The highest BCUT2D eigenvalue weighted by Gasteiger charge is 2.25. The molecule has 142 valence electrons. The van der Waals surface area contributed by atoms with E-state index >= 15 is 0 Å². The Hall–Kier alpha value is -2.19. The van der Waals surface area contributed by atoms with Gasteiger partial charge < -0.3 is 19.9 Å². The lowest BCUT2D eigenvalue weighted by molar-refractivity contribution is 0.0694. The number of hydrogen-bond acceptors (Lipinski definition) is 5. The molecule has 0 aliphatic carbocycles. The molecule has 0 aromatic carbocycles. The van der Waals surface area contributed by atoms with Crippen molar-refractivity contribution >= 4 is 35.2 Å². The molecule has 0 atom stereocenters. The van der Waals surface area contributed by atoms with Gasteiger partial charge in [-0.05, 0) is 26.8 Å². The van der Waals surface area contributed by atoms with Crippen molar-refractivity contribution in [3.63, 3.8) is 0 Å².